The van der Waals surface area contributed by atoms with Crippen LogP contribution in [0.25, 0.3) is 0 Å². The molecule has 198 valence electrons. The van der Waals surface area contributed by atoms with Crippen LogP contribution in [0, 0.1) is 13.8 Å². The van der Waals surface area contributed by atoms with Crippen molar-refractivity contribution in [2.24, 2.45) is 0 Å². The normalized spacial score (nSPS) is 13.1. The first-order chi connectivity index (χ1) is 16.8. The standard InChI is InChI=1S/C26H35Cl2N3O4S/c1-7-19(5)29-26(33)24(8-2)30(15-20-9-10-21(27)14-23(20)28)25(32)16-31(36(6,34)35)22-12-17(3)11-18(4)13-22/h9-14,19,24H,7-8,15-16H2,1-6H3,(H,29,33)/t19-,24-/m1/s1. The highest BCUT2D eigenvalue weighted by Crippen LogP contribution is 2.25. The van der Waals surface area contributed by atoms with E-state index in [0.717, 1.165) is 28.1 Å². The maximum Gasteiger partial charge on any atom is 0.244 e. The predicted octanol–water partition coefficient (Wildman–Crippen LogP) is 5.10. The minimum absolute atomic E-state index is 0.0196. The van der Waals surface area contributed by atoms with Crippen LogP contribution >= 0.6 is 23.2 Å². The van der Waals surface area contributed by atoms with E-state index in [2.05, 4.69) is 5.32 Å². The van der Waals surface area contributed by atoms with E-state index in [9.17, 15) is 18.0 Å². The molecule has 0 aliphatic rings. The van der Waals surface area contributed by atoms with Gasteiger partial charge in [-0.25, -0.2) is 8.42 Å². The molecular formula is C26H35Cl2N3O4S. The van der Waals surface area contributed by atoms with E-state index in [1.54, 1.807) is 30.3 Å². The van der Waals surface area contributed by atoms with Crippen LogP contribution in [0.5, 0.6) is 0 Å². The zero-order valence-electron chi connectivity index (χ0n) is 21.6. The van der Waals surface area contributed by atoms with Crippen molar-refractivity contribution in [1.82, 2.24) is 10.2 Å². The Labute approximate surface area is 224 Å². The third kappa shape index (κ3) is 8.11. The van der Waals surface area contributed by atoms with Gasteiger partial charge in [0.15, 0.2) is 0 Å². The first-order valence-corrected chi connectivity index (χ1v) is 14.5. The monoisotopic (exact) mass is 555 g/mol. The second-order valence-corrected chi connectivity index (χ2v) is 11.9. The van der Waals surface area contributed by atoms with Gasteiger partial charge in [0.1, 0.15) is 12.6 Å². The molecule has 2 amide bonds. The Bertz CT molecular complexity index is 1180. The highest BCUT2D eigenvalue weighted by atomic mass is 35.5. The number of amides is 2. The number of aryl methyl sites for hydroxylation is 2. The predicted molar refractivity (Wildman–Crippen MR) is 147 cm³/mol. The second kappa shape index (κ2) is 12.8. The summed E-state index contributed by atoms with van der Waals surface area (Å²) in [5, 5.41) is 3.74. The molecule has 2 aromatic rings. The minimum atomic E-state index is -3.80. The molecule has 7 nitrogen and oxygen atoms in total. The van der Waals surface area contributed by atoms with Gasteiger partial charge in [0.25, 0.3) is 0 Å². The quantitative estimate of drug-likeness (QED) is 0.418. The summed E-state index contributed by atoms with van der Waals surface area (Å²) in [5.41, 5.74) is 2.73. The molecule has 10 heteroatoms. The van der Waals surface area contributed by atoms with Gasteiger partial charge in [0.2, 0.25) is 21.8 Å². The third-order valence-electron chi connectivity index (χ3n) is 5.92. The summed E-state index contributed by atoms with van der Waals surface area (Å²) < 4.78 is 26.6. The van der Waals surface area contributed by atoms with E-state index in [4.69, 9.17) is 23.2 Å². The fraction of sp³-hybridized carbons (Fsp3) is 0.462. The number of nitrogens with one attached hydrogen (secondary N) is 1. The number of benzene rings is 2. The van der Waals surface area contributed by atoms with Gasteiger partial charge in [-0.05, 0) is 74.6 Å². The molecule has 0 radical (unpaired) electrons. The smallest absolute Gasteiger partial charge is 0.244 e. The van der Waals surface area contributed by atoms with E-state index in [0.29, 0.717) is 27.7 Å². The number of anilines is 1. The highest BCUT2D eigenvalue weighted by Gasteiger charge is 2.32. The van der Waals surface area contributed by atoms with Gasteiger partial charge in [-0.2, -0.15) is 0 Å². The van der Waals surface area contributed by atoms with Crippen LogP contribution in [0.4, 0.5) is 5.69 Å². The summed E-state index contributed by atoms with van der Waals surface area (Å²) in [4.78, 5) is 28.3. The number of hydrogen-bond acceptors (Lipinski definition) is 4. The molecule has 0 unspecified atom stereocenters. The zero-order valence-corrected chi connectivity index (χ0v) is 24.0. The maximum absolute atomic E-state index is 13.8. The molecule has 0 fully saturated rings. The molecule has 0 bridgehead atoms. The van der Waals surface area contributed by atoms with Crippen molar-refractivity contribution >= 4 is 50.7 Å². The van der Waals surface area contributed by atoms with Crippen LogP contribution in [0.1, 0.15) is 50.3 Å². The third-order valence-corrected chi connectivity index (χ3v) is 7.64. The molecule has 36 heavy (non-hydrogen) atoms. The minimum Gasteiger partial charge on any atom is -0.352 e. The summed E-state index contributed by atoms with van der Waals surface area (Å²) in [6.07, 6.45) is 2.13. The summed E-state index contributed by atoms with van der Waals surface area (Å²) in [6.45, 7) is 8.93. The number of rotatable bonds is 11. The van der Waals surface area contributed by atoms with Crippen LogP contribution in [-0.4, -0.2) is 50.0 Å². The zero-order chi connectivity index (χ0) is 27.2. The second-order valence-electron chi connectivity index (χ2n) is 9.11. The van der Waals surface area contributed by atoms with Gasteiger partial charge < -0.3 is 10.2 Å². The van der Waals surface area contributed by atoms with Gasteiger partial charge >= 0.3 is 0 Å². The van der Waals surface area contributed by atoms with Gasteiger partial charge in [-0.3, -0.25) is 13.9 Å². The van der Waals surface area contributed by atoms with Crippen molar-refractivity contribution in [3.8, 4) is 0 Å². The molecular weight excluding hydrogens is 521 g/mol. The van der Waals surface area contributed by atoms with E-state index >= 15 is 0 Å². The van der Waals surface area contributed by atoms with Crippen LogP contribution < -0.4 is 9.62 Å². The van der Waals surface area contributed by atoms with Crippen molar-refractivity contribution in [2.75, 3.05) is 17.1 Å². The number of hydrogen-bond donors (Lipinski definition) is 1. The van der Waals surface area contributed by atoms with E-state index in [1.807, 2.05) is 40.7 Å². The van der Waals surface area contributed by atoms with Gasteiger partial charge in [0.05, 0.1) is 11.9 Å². The topological polar surface area (TPSA) is 86.8 Å². The molecule has 2 atom stereocenters. The fourth-order valence-corrected chi connectivity index (χ4v) is 5.20. The lowest BCUT2D eigenvalue weighted by Crippen LogP contribution is -2.53. The van der Waals surface area contributed by atoms with Gasteiger partial charge in [-0.15, -0.1) is 0 Å². The van der Waals surface area contributed by atoms with Crippen molar-refractivity contribution < 1.29 is 18.0 Å². The lowest BCUT2D eigenvalue weighted by molar-refractivity contribution is -0.140. The lowest BCUT2D eigenvalue weighted by atomic mass is 10.1. The number of sulfonamides is 1. The summed E-state index contributed by atoms with van der Waals surface area (Å²) in [7, 11) is -3.80. The van der Waals surface area contributed by atoms with E-state index in [-0.39, 0.29) is 18.5 Å². The average molecular weight is 557 g/mol. The van der Waals surface area contributed by atoms with Gasteiger partial charge in [-0.1, -0.05) is 49.2 Å². The Morgan fingerprint density at radius 3 is 2.11 bits per heavy atom. The number of carbonyl (C=O) groups excluding carboxylic acids is 2. The molecule has 0 aromatic heterocycles. The number of halogens is 2. The molecule has 1 N–H and O–H groups in total. The van der Waals surface area contributed by atoms with Crippen molar-refractivity contribution in [2.45, 2.75) is 66.1 Å². The Morgan fingerprint density at radius 1 is 1.00 bits per heavy atom. The van der Waals surface area contributed by atoms with Crippen LogP contribution in [0.3, 0.4) is 0 Å². The molecule has 0 spiro atoms. The molecule has 0 heterocycles. The molecule has 2 rings (SSSR count). The van der Waals surface area contributed by atoms with E-state index < -0.39 is 28.5 Å². The van der Waals surface area contributed by atoms with Crippen LogP contribution in [0.2, 0.25) is 10.0 Å². The summed E-state index contributed by atoms with van der Waals surface area (Å²) in [6, 6.07) is 9.38. The molecule has 0 aliphatic carbocycles. The summed E-state index contributed by atoms with van der Waals surface area (Å²) >= 11 is 12.4. The van der Waals surface area contributed by atoms with Crippen molar-refractivity contribution in [3.05, 3.63) is 63.1 Å². The van der Waals surface area contributed by atoms with E-state index in [1.165, 1.54) is 4.90 Å². The van der Waals surface area contributed by atoms with Gasteiger partial charge in [0, 0.05) is 22.6 Å². The summed E-state index contributed by atoms with van der Waals surface area (Å²) in [5.74, 6) is -0.820. The Morgan fingerprint density at radius 2 is 1.61 bits per heavy atom. The van der Waals surface area contributed by atoms with Crippen molar-refractivity contribution in [1.29, 1.82) is 0 Å². The van der Waals surface area contributed by atoms with Crippen molar-refractivity contribution in [3.63, 3.8) is 0 Å². The fourth-order valence-electron chi connectivity index (χ4n) is 3.90. The lowest BCUT2D eigenvalue weighted by Gasteiger charge is -2.33. The van der Waals surface area contributed by atoms with Crippen LogP contribution in [-0.2, 0) is 26.2 Å². The molecule has 2 aromatic carbocycles. The SMILES string of the molecule is CC[C@@H](C)NC(=O)[C@@H](CC)N(Cc1ccc(Cl)cc1Cl)C(=O)CN(c1cc(C)cc(C)c1)S(C)(=O)=O. The Hall–Kier alpha value is -2.29. The Balaban J connectivity index is 2.51. The molecule has 0 saturated carbocycles. The number of nitrogens with zero attached hydrogens (tertiary/aromatic N) is 2. The average Bonchev–Trinajstić information content (AvgIpc) is 2.76. The largest absolute Gasteiger partial charge is 0.352 e. The highest BCUT2D eigenvalue weighted by molar-refractivity contribution is 7.92. The van der Waals surface area contributed by atoms with Crippen LogP contribution in [0.15, 0.2) is 36.4 Å². The molecule has 0 saturated heterocycles. The maximum atomic E-state index is 13.8. The first kappa shape index (κ1) is 29.9. The molecule has 0 aliphatic heterocycles. The first-order valence-electron chi connectivity index (χ1n) is 11.9. The number of carbonyl (C=O) groups is 2. The Kier molecular flexibility index (Phi) is 10.6.